The van der Waals surface area contributed by atoms with Crippen molar-refractivity contribution in [2.24, 2.45) is 0 Å². The van der Waals surface area contributed by atoms with Crippen molar-refractivity contribution in [1.29, 1.82) is 0 Å². The molecule has 1 N–H and O–H groups in total. The highest BCUT2D eigenvalue weighted by atomic mass is 16.5. The lowest BCUT2D eigenvalue weighted by molar-refractivity contribution is 0.0928. The zero-order valence-electron chi connectivity index (χ0n) is 16.9. The number of fused-ring (bicyclic) bond motifs is 1. The van der Waals surface area contributed by atoms with Crippen LogP contribution in [0, 0.1) is 0 Å². The van der Waals surface area contributed by atoms with Gasteiger partial charge >= 0.3 is 0 Å². The van der Waals surface area contributed by atoms with E-state index in [-0.39, 0.29) is 5.91 Å². The monoisotopic (exact) mass is 392 g/mol. The number of furan rings is 1. The van der Waals surface area contributed by atoms with Crippen molar-refractivity contribution < 1.29 is 13.9 Å². The molecule has 0 bridgehead atoms. The van der Waals surface area contributed by atoms with E-state index in [1.807, 2.05) is 30.3 Å². The number of hydrogen-bond acceptors (Lipinski definition) is 4. The molecule has 0 spiro atoms. The smallest absolute Gasteiger partial charge is 0.287 e. The van der Waals surface area contributed by atoms with E-state index < -0.39 is 0 Å². The number of rotatable bonds is 7. The maximum absolute atomic E-state index is 12.6. The van der Waals surface area contributed by atoms with Gasteiger partial charge in [-0.25, -0.2) is 0 Å². The van der Waals surface area contributed by atoms with Crippen molar-refractivity contribution in [2.45, 2.75) is 32.2 Å². The maximum Gasteiger partial charge on any atom is 0.287 e. The summed E-state index contributed by atoms with van der Waals surface area (Å²) in [7, 11) is 1.63. The van der Waals surface area contributed by atoms with Gasteiger partial charge in [0.05, 0.1) is 7.11 Å². The molecule has 2 aromatic carbocycles. The zero-order valence-corrected chi connectivity index (χ0v) is 16.9. The Kier molecular flexibility index (Phi) is 6.15. The van der Waals surface area contributed by atoms with Crippen LogP contribution in [0.5, 0.6) is 5.75 Å². The van der Waals surface area contributed by atoms with Gasteiger partial charge in [-0.15, -0.1) is 0 Å². The Hall–Kier alpha value is -2.79. The fourth-order valence-corrected chi connectivity index (χ4v) is 3.98. The summed E-state index contributed by atoms with van der Waals surface area (Å²) in [6, 6.07) is 16.0. The Morgan fingerprint density at radius 1 is 1.10 bits per heavy atom. The molecule has 0 radical (unpaired) electrons. The minimum Gasteiger partial charge on any atom is -0.493 e. The van der Waals surface area contributed by atoms with E-state index in [0.717, 1.165) is 31.4 Å². The van der Waals surface area contributed by atoms with Crippen LogP contribution in [0.25, 0.3) is 11.0 Å². The zero-order chi connectivity index (χ0) is 20.1. The first-order chi connectivity index (χ1) is 14.2. The Balaban J connectivity index is 1.50. The Labute approximate surface area is 171 Å². The standard InChI is InChI=1S/C24H28N2O3/c1-28-21-11-10-19(17-26-14-6-3-7-15-26)20-16-22(29-23(20)21)24(27)25-13-12-18-8-4-2-5-9-18/h2,4-5,8-11,16H,3,6-7,12-15,17H2,1H3,(H,25,27). The largest absolute Gasteiger partial charge is 0.493 e. The molecule has 5 nitrogen and oxygen atoms in total. The van der Waals surface area contributed by atoms with E-state index >= 15 is 0 Å². The van der Waals surface area contributed by atoms with E-state index in [2.05, 4.69) is 28.4 Å². The molecule has 1 fully saturated rings. The van der Waals surface area contributed by atoms with Gasteiger partial charge in [0.15, 0.2) is 17.1 Å². The molecule has 1 saturated heterocycles. The molecule has 0 atom stereocenters. The van der Waals surface area contributed by atoms with Gasteiger partial charge in [0.1, 0.15) is 0 Å². The van der Waals surface area contributed by atoms with Crippen molar-refractivity contribution in [1.82, 2.24) is 10.2 Å². The second-order valence-corrected chi connectivity index (χ2v) is 7.61. The molecule has 3 aromatic rings. The van der Waals surface area contributed by atoms with Crippen molar-refractivity contribution in [3.05, 3.63) is 65.4 Å². The number of nitrogens with zero attached hydrogens (tertiary/aromatic N) is 1. The van der Waals surface area contributed by atoms with Crippen LogP contribution in [0.3, 0.4) is 0 Å². The number of piperidine rings is 1. The van der Waals surface area contributed by atoms with E-state index in [0.29, 0.717) is 23.6 Å². The number of amides is 1. The number of ether oxygens (including phenoxy) is 1. The average Bonchev–Trinajstić information content (AvgIpc) is 3.22. The minimum atomic E-state index is -0.192. The van der Waals surface area contributed by atoms with Crippen LogP contribution in [0.1, 0.15) is 40.9 Å². The van der Waals surface area contributed by atoms with Gasteiger partial charge in [-0.3, -0.25) is 9.69 Å². The number of likely N-dealkylation sites (tertiary alicyclic amines) is 1. The fraction of sp³-hybridized carbons (Fsp3) is 0.375. The van der Waals surface area contributed by atoms with E-state index in [1.165, 1.54) is 30.4 Å². The van der Waals surface area contributed by atoms with Gasteiger partial charge in [0.2, 0.25) is 0 Å². The Bertz CT molecular complexity index is 959. The fourth-order valence-electron chi connectivity index (χ4n) is 3.98. The van der Waals surface area contributed by atoms with Crippen LogP contribution in [-0.2, 0) is 13.0 Å². The third-order valence-corrected chi connectivity index (χ3v) is 5.57. The van der Waals surface area contributed by atoms with E-state index in [4.69, 9.17) is 9.15 Å². The summed E-state index contributed by atoms with van der Waals surface area (Å²) in [4.78, 5) is 15.1. The highest BCUT2D eigenvalue weighted by molar-refractivity contribution is 5.98. The molecule has 152 valence electrons. The van der Waals surface area contributed by atoms with Gasteiger partial charge in [-0.1, -0.05) is 42.8 Å². The molecule has 1 aromatic heterocycles. The molecule has 0 aliphatic carbocycles. The van der Waals surface area contributed by atoms with Crippen LogP contribution in [-0.4, -0.2) is 37.6 Å². The summed E-state index contributed by atoms with van der Waals surface area (Å²) >= 11 is 0. The molecule has 5 heteroatoms. The average molecular weight is 392 g/mol. The highest BCUT2D eigenvalue weighted by Gasteiger charge is 2.19. The summed E-state index contributed by atoms with van der Waals surface area (Å²) in [5, 5.41) is 3.92. The van der Waals surface area contributed by atoms with Crippen LogP contribution >= 0.6 is 0 Å². The van der Waals surface area contributed by atoms with Gasteiger partial charge in [0.25, 0.3) is 5.91 Å². The van der Waals surface area contributed by atoms with Gasteiger partial charge in [-0.2, -0.15) is 0 Å². The van der Waals surface area contributed by atoms with Gasteiger partial charge in [-0.05, 0) is 55.6 Å². The van der Waals surface area contributed by atoms with Crippen molar-refractivity contribution in [2.75, 3.05) is 26.7 Å². The number of methoxy groups -OCH3 is 1. The molecule has 4 rings (SSSR count). The second kappa shape index (κ2) is 9.14. The number of carbonyl (C=O) groups excluding carboxylic acids is 1. The van der Waals surface area contributed by atoms with Crippen LogP contribution in [0.4, 0.5) is 0 Å². The summed E-state index contributed by atoms with van der Waals surface area (Å²) < 4.78 is 11.4. The molecule has 0 saturated carbocycles. The lowest BCUT2D eigenvalue weighted by atomic mass is 10.1. The van der Waals surface area contributed by atoms with Crippen molar-refractivity contribution >= 4 is 16.9 Å². The predicted molar refractivity (Wildman–Crippen MR) is 114 cm³/mol. The normalized spacial score (nSPS) is 14.8. The minimum absolute atomic E-state index is 0.192. The summed E-state index contributed by atoms with van der Waals surface area (Å²) in [5.74, 6) is 0.797. The summed E-state index contributed by atoms with van der Waals surface area (Å²) in [6.45, 7) is 3.68. The van der Waals surface area contributed by atoms with Crippen molar-refractivity contribution in [3.8, 4) is 5.75 Å². The van der Waals surface area contributed by atoms with Crippen LogP contribution in [0.15, 0.2) is 52.9 Å². The first-order valence-electron chi connectivity index (χ1n) is 10.4. The highest BCUT2D eigenvalue weighted by Crippen LogP contribution is 2.32. The lowest BCUT2D eigenvalue weighted by Gasteiger charge is -2.26. The number of benzene rings is 2. The number of nitrogens with one attached hydrogen (secondary N) is 1. The molecular formula is C24H28N2O3. The van der Waals surface area contributed by atoms with Crippen LogP contribution < -0.4 is 10.1 Å². The molecule has 1 aliphatic rings. The second-order valence-electron chi connectivity index (χ2n) is 7.61. The molecule has 1 aliphatic heterocycles. The molecular weight excluding hydrogens is 364 g/mol. The Morgan fingerprint density at radius 3 is 2.66 bits per heavy atom. The predicted octanol–water partition coefficient (Wildman–Crippen LogP) is 4.40. The molecule has 1 amide bonds. The number of hydrogen-bond donors (Lipinski definition) is 1. The van der Waals surface area contributed by atoms with E-state index in [9.17, 15) is 4.79 Å². The topological polar surface area (TPSA) is 54.7 Å². The summed E-state index contributed by atoms with van der Waals surface area (Å²) in [6.07, 6.45) is 4.60. The Morgan fingerprint density at radius 2 is 1.90 bits per heavy atom. The first kappa shape index (κ1) is 19.5. The number of carbonyl (C=O) groups is 1. The van der Waals surface area contributed by atoms with Crippen molar-refractivity contribution in [3.63, 3.8) is 0 Å². The molecule has 2 heterocycles. The van der Waals surface area contributed by atoms with Gasteiger partial charge in [0, 0.05) is 18.5 Å². The first-order valence-corrected chi connectivity index (χ1v) is 10.4. The summed E-state index contributed by atoms with van der Waals surface area (Å²) in [5.41, 5.74) is 3.02. The van der Waals surface area contributed by atoms with E-state index in [1.54, 1.807) is 7.11 Å². The molecule has 29 heavy (non-hydrogen) atoms. The lowest BCUT2D eigenvalue weighted by Crippen LogP contribution is -2.29. The van der Waals surface area contributed by atoms with Gasteiger partial charge < -0.3 is 14.5 Å². The quantitative estimate of drug-likeness (QED) is 0.648. The molecule has 0 unspecified atom stereocenters. The van der Waals surface area contributed by atoms with Crippen LogP contribution in [0.2, 0.25) is 0 Å². The third kappa shape index (κ3) is 4.62. The third-order valence-electron chi connectivity index (χ3n) is 5.57. The maximum atomic E-state index is 12.6. The SMILES string of the molecule is COc1ccc(CN2CCCCC2)c2cc(C(=O)NCCc3ccccc3)oc12.